The minimum atomic E-state index is -0.378. The smallest absolute Gasteiger partial charge is 0.253 e. The molecule has 1 rings (SSSR count). The van der Waals surface area contributed by atoms with Gasteiger partial charge in [-0.25, -0.2) is 0 Å². The molecule has 26 heavy (non-hydrogen) atoms. The molecule has 1 N–H and O–H groups in total. The molecule has 0 bridgehead atoms. The Hall–Kier alpha value is -1.77. The Balaban J connectivity index is 1.85. The lowest BCUT2D eigenvalue weighted by Crippen LogP contribution is -2.35. The van der Waals surface area contributed by atoms with Crippen molar-refractivity contribution in [3.05, 3.63) is 12.2 Å². The number of imide groups is 1. The van der Waals surface area contributed by atoms with Crippen molar-refractivity contribution in [2.75, 3.05) is 52.7 Å². The molecule has 0 unspecified atom stereocenters. The van der Waals surface area contributed by atoms with E-state index in [-0.39, 0.29) is 30.7 Å². The molecule has 0 aromatic heterocycles. The lowest BCUT2D eigenvalue weighted by molar-refractivity contribution is -0.137. The minimum Gasteiger partial charge on any atom is -0.379 e. The molecule has 0 saturated heterocycles. The van der Waals surface area contributed by atoms with E-state index in [1.165, 1.54) is 12.2 Å². The summed E-state index contributed by atoms with van der Waals surface area (Å²) in [5, 5.41) is 2.68. The molecule has 1 aliphatic heterocycles. The van der Waals surface area contributed by atoms with Gasteiger partial charge in [-0.3, -0.25) is 19.3 Å². The van der Waals surface area contributed by atoms with E-state index in [1.807, 2.05) is 0 Å². The maximum Gasteiger partial charge on any atom is 0.253 e. The van der Waals surface area contributed by atoms with E-state index >= 15 is 0 Å². The SMILES string of the molecule is CC(C)CCOCCOCCOCCNC(=O)CCN1C(=O)C=CC1=O. The third-order valence-electron chi connectivity index (χ3n) is 3.62. The maximum absolute atomic E-state index is 11.6. The van der Waals surface area contributed by atoms with Crippen molar-refractivity contribution >= 4 is 17.7 Å². The van der Waals surface area contributed by atoms with Gasteiger partial charge in [0.15, 0.2) is 0 Å². The van der Waals surface area contributed by atoms with Crippen LogP contribution >= 0.6 is 0 Å². The zero-order valence-corrected chi connectivity index (χ0v) is 15.7. The Morgan fingerprint density at radius 1 is 0.962 bits per heavy atom. The van der Waals surface area contributed by atoms with E-state index in [0.717, 1.165) is 17.9 Å². The van der Waals surface area contributed by atoms with Crippen LogP contribution in [-0.2, 0) is 28.6 Å². The van der Waals surface area contributed by atoms with Gasteiger partial charge in [-0.1, -0.05) is 13.8 Å². The third-order valence-corrected chi connectivity index (χ3v) is 3.62. The molecule has 1 heterocycles. The summed E-state index contributed by atoms with van der Waals surface area (Å²) in [6.45, 7) is 7.97. The summed E-state index contributed by atoms with van der Waals surface area (Å²) in [6, 6.07) is 0. The number of hydrogen-bond acceptors (Lipinski definition) is 6. The van der Waals surface area contributed by atoms with Crippen molar-refractivity contribution in [2.45, 2.75) is 26.7 Å². The average molecular weight is 370 g/mol. The van der Waals surface area contributed by atoms with Crippen molar-refractivity contribution < 1.29 is 28.6 Å². The highest BCUT2D eigenvalue weighted by atomic mass is 16.5. The van der Waals surface area contributed by atoms with Gasteiger partial charge in [0.1, 0.15) is 0 Å². The zero-order chi connectivity index (χ0) is 19.2. The molecule has 8 nitrogen and oxygen atoms in total. The highest BCUT2D eigenvalue weighted by molar-refractivity contribution is 6.13. The van der Waals surface area contributed by atoms with E-state index in [1.54, 1.807) is 0 Å². The number of carbonyl (C=O) groups excluding carboxylic acids is 3. The summed E-state index contributed by atoms with van der Waals surface area (Å²) >= 11 is 0. The molecule has 0 aromatic carbocycles. The normalized spacial score (nSPS) is 13.9. The van der Waals surface area contributed by atoms with Crippen LogP contribution in [0.2, 0.25) is 0 Å². The van der Waals surface area contributed by atoms with Crippen molar-refractivity contribution in [3.63, 3.8) is 0 Å². The molecule has 148 valence electrons. The fourth-order valence-corrected chi connectivity index (χ4v) is 2.08. The first-order chi connectivity index (χ1) is 12.5. The number of carbonyl (C=O) groups is 3. The van der Waals surface area contributed by atoms with Crippen LogP contribution in [0.1, 0.15) is 26.7 Å². The lowest BCUT2D eigenvalue weighted by atomic mass is 10.1. The number of hydrogen-bond donors (Lipinski definition) is 1. The average Bonchev–Trinajstić information content (AvgIpc) is 2.92. The van der Waals surface area contributed by atoms with Crippen molar-refractivity contribution in [2.24, 2.45) is 5.92 Å². The fourth-order valence-electron chi connectivity index (χ4n) is 2.08. The van der Waals surface area contributed by atoms with Crippen molar-refractivity contribution in [3.8, 4) is 0 Å². The van der Waals surface area contributed by atoms with Crippen molar-refractivity contribution in [1.29, 1.82) is 0 Å². The number of ether oxygens (including phenoxy) is 3. The van der Waals surface area contributed by atoms with Crippen LogP contribution in [0.5, 0.6) is 0 Å². The third kappa shape index (κ3) is 10.3. The summed E-state index contributed by atoms with van der Waals surface area (Å²) in [4.78, 5) is 35.3. The van der Waals surface area contributed by atoms with Crippen LogP contribution in [0.25, 0.3) is 0 Å². The molecule has 0 spiro atoms. The van der Waals surface area contributed by atoms with Gasteiger partial charge in [0.05, 0.1) is 33.0 Å². The molecular weight excluding hydrogens is 340 g/mol. The molecule has 0 atom stereocenters. The zero-order valence-electron chi connectivity index (χ0n) is 15.7. The molecule has 0 aliphatic carbocycles. The van der Waals surface area contributed by atoms with E-state index in [2.05, 4.69) is 19.2 Å². The van der Waals surface area contributed by atoms with E-state index in [4.69, 9.17) is 14.2 Å². The predicted octanol–water partition coefficient (Wildman–Crippen LogP) is 0.514. The first-order valence-corrected chi connectivity index (χ1v) is 9.04. The van der Waals surface area contributed by atoms with Crippen LogP contribution in [-0.4, -0.2) is 75.4 Å². The molecule has 0 fully saturated rings. The Labute approximate surface area is 154 Å². The van der Waals surface area contributed by atoms with Gasteiger partial charge in [-0.15, -0.1) is 0 Å². The van der Waals surface area contributed by atoms with Crippen LogP contribution in [0.3, 0.4) is 0 Å². The largest absolute Gasteiger partial charge is 0.379 e. The number of nitrogens with one attached hydrogen (secondary N) is 1. The fraction of sp³-hybridized carbons (Fsp3) is 0.722. The van der Waals surface area contributed by atoms with Gasteiger partial charge in [0.25, 0.3) is 11.8 Å². The van der Waals surface area contributed by atoms with Crippen LogP contribution in [0, 0.1) is 5.92 Å². The quantitative estimate of drug-likeness (QED) is 0.333. The molecule has 3 amide bonds. The summed E-state index contributed by atoms with van der Waals surface area (Å²) in [7, 11) is 0. The Morgan fingerprint density at radius 3 is 2.08 bits per heavy atom. The van der Waals surface area contributed by atoms with Gasteiger partial charge < -0.3 is 19.5 Å². The van der Waals surface area contributed by atoms with E-state index in [0.29, 0.717) is 45.5 Å². The molecule has 0 saturated carbocycles. The molecule has 0 radical (unpaired) electrons. The molecule has 0 aromatic rings. The molecular formula is C18H30N2O6. The Bertz CT molecular complexity index is 460. The second-order valence-corrected chi connectivity index (χ2v) is 6.28. The first kappa shape index (κ1) is 22.3. The second kappa shape index (κ2) is 13.4. The second-order valence-electron chi connectivity index (χ2n) is 6.28. The standard InChI is InChI=1S/C18H30N2O6/c1-15(2)6-9-24-11-13-26-14-12-25-10-7-19-16(21)5-8-20-17(22)3-4-18(20)23/h3-4,15H,5-14H2,1-2H3,(H,19,21). The highest BCUT2D eigenvalue weighted by Crippen LogP contribution is 2.03. The van der Waals surface area contributed by atoms with Gasteiger partial charge in [-0.05, 0) is 12.3 Å². The topological polar surface area (TPSA) is 94.2 Å². The monoisotopic (exact) mass is 370 g/mol. The van der Waals surface area contributed by atoms with Crippen molar-refractivity contribution in [1.82, 2.24) is 10.2 Å². The first-order valence-electron chi connectivity index (χ1n) is 9.04. The van der Waals surface area contributed by atoms with Gasteiger partial charge >= 0.3 is 0 Å². The Kier molecular flexibility index (Phi) is 11.5. The van der Waals surface area contributed by atoms with E-state index in [9.17, 15) is 14.4 Å². The number of nitrogens with zero attached hydrogens (tertiary/aromatic N) is 1. The van der Waals surface area contributed by atoms with E-state index < -0.39 is 0 Å². The number of rotatable bonds is 15. The van der Waals surface area contributed by atoms with Gasteiger partial charge in [0.2, 0.25) is 5.91 Å². The van der Waals surface area contributed by atoms with Gasteiger partial charge in [0, 0.05) is 38.3 Å². The van der Waals surface area contributed by atoms with Crippen LogP contribution < -0.4 is 5.32 Å². The maximum atomic E-state index is 11.6. The Morgan fingerprint density at radius 2 is 1.50 bits per heavy atom. The summed E-state index contributed by atoms with van der Waals surface area (Å²) in [6.07, 6.45) is 3.54. The lowest BCUT2D eigenvalue weighted by Gasteiger charge is -2.13. The summed E-state index contributed by atoms with van der Waals surface area (Å²) in [5.41, 5.74) is 0. The molecule has 8 heteroatoms. The van der Waals surface area contributed by atoms with Crippen LogP contribution in [0.15, 0.2) is 12.2 Å². The van der Waals surface area contributed by atoms with Gasteiger partial charge in [-0.2, -0.15) is 0 Å². The summed E-state index contributed by atoms with van der Waals surface area (Å²) in [5.74, 6) is -0.337. The number of amides is 3. The predicted molar refractivity (Wildman–Crippen MR) is 95.4 cm³/mol. The van der Waals surface area contributed by atoms with Crippen LogP contribution in [0.4, 0.5) is 0 Å². The minimum absolute atomic E-state index is 0.0824. The molecule has 1 aliphatic rings. The highest BCUT2D eigenvalue weighted by Gasteiger charge is 2.23. The summed E-state index contributed by atoms with van der Waals surface area (Å²) < 4.78 is 16.1.